The van der Waals surface area contributed by atoms with Crippen LogP contribution in [0, 0.1) is 0 Å². The van der Waals surface area contributed by atoms with E-state index < -0.39 is 0 Å². The van der Waals surface area contributed by atoms with Crippen molar-refractivity contribution >= 4 is 16.4 Å². The van der Waals surface area contributed by atoms with Crippen LogP contribution >= 0.6 is 0 Å². The maximum Gasteiger partial charge on any atom is 0.347 e. The van der Waals surface area contributed by atoms with Crippen LogP contribution in [0.5, 0.6) is 0 Å². The molecule has 3 aromatic rings. The van der Waals surface area contributed by atoms with Gasteiger partial charge in [0.05, 0.1) is 23.3 Å². The highest BCUT2D eigenvalue weighted by Crippen LogP contribution is 2.16. The van der Waals surface area contributed by atoms with E-state index in [-0.39, 0.29) is 12.3 Å². The number of benzene rings is 1. The van der Waals surface area contributed by atoms with E-state index in [1.165, 1.54) is 4.52 Å². The molecular formula is C11H9N3O2. The number of aromatic nitrogens is 3. The Morgan fingerprint density at radius 3 is 3.00 bits per heavy atom. The van der Waals surface area contributed by atoms with E-state index in [0.29, 0.717) is 11.2 Å². The maximum atomic E-state index is 11.7. The quantitative estimate of drug-likeness (QED) is 0.626. The first-order chi connectivity index (χ1) is 7.79. The fourth-order valence-electron chi connectivity index (χ4n) is 1.84. The molecule has 1 aromatic carbocycles. The highest BCUT2D eigenvalue weighted by molar-refractivity contribution is 5.93. The minimum atomic E-state index is -0.298. The summed E-state index contributed by atoms with van der Waals surface area (Å²) in [4.78, 5) is 14.4. The molecule has 0 aliphatic heterocycles. The second kappa shape index (κ2) is 3.18. The van der Waals surface area contributed by atoms with Gasteiger partial charge >= 0.3 is 5.69 Å². The molecule has 0 aliphatic carbocycles. The van der Waals surface area contributed by atoms with Crippen molar-refractivity contribution in [3.8, 4) is 0 Å². The summed E-state index contributed by atoms with van der Waals surface area (Å²) in [6.45, 7) is -0.171. The first-order valence-electron chi connectivity index (χ1n) is 4.90. The molecule has 0 bridgehead atoms. The number of hydrogen-bond acceptors (Lipinski definition) is 3. The molecule has 2 heterocycles. The van der Waals surface area contributed by atoms with Gasteiger partial charge in [0.2, 0.25) is 0 Å². The molecule has 0 unspecified atom stereocenters. The molecular weight excluding hydrogens is 206 g/mol. The minimum Gasteiger partial charge on any atom is -0.390 e. The number of H-pyrrole nitrogens is 1. The molecule has 0 saturated carbocycles. The smallest absolute Gasteiger partial charge is 0.347 e. The summed E-state index contributed by atoms with van der Waals surface area (Å²) in [6, 6.07) is 9.22. The molecule has 0 radical (unpaired) electrons. The van der Waals surface area contributed by atoms with Crippen molar-refractivity contribution < 1.29 is 5.11 Å². The molecule has 0 saturated heterocycles. The zero-order chi connectivity index (χ0) is 11.1. The number of aliphatic hydroxyl groups excluding tert-OH is 1. The Hall–Kier alpha value is -2.14. The molecule has 5 nitrogen and oxygen atoms in total. The van der Waals surface area contributed by atoms with Crippen LogP contribution in [0.15, 0.2) is 35.1 Å². The van der Waals surface area contributed by atoms with Crippen molar-refractivity contribution in [2.45, 2.75) is 6.61 Å². The second-order valence-corrected chi connectivity index (χ2v) is 3.57. The molecule has 2 N–H and O–H groups in total. The number of para-hydroxylation sites is 1. The zero-order valence-corrected chi connectivity index (χ0v) is 8.34. The van der Waals surface area contributed by atoms with Gasteiger partial charge in [0.25, 0.3) is 0 Å². The molecule has 0 atom stereocenters. The second-order valence-electron chi connectivity index (χ2n) is 3.57. The lowest BCUT2D eigenvalue weighted by molar-refractivity contribution is 0.276. The van der Waals surface area contributed by atoms with Crippen molar-refractivity contribution in [3.05, 3.63) is 46.5 Å². The lowest BCUT2D eigenvalue weighted by atomic mass is 10.2. The highest BCUT2D eigenvalue weighted by atomic mass is 16.3. The molecule has 0 aliphatic rings. The van der Waals surface area contributed by atoms with Gasteiger partial charge in [0, 0.05) is 5.39 Å². The summed E-state index contributed by atoms with van der Waals surface area (Å²) in [5.41, 5.74) is 1.67. The SMILES string of the molecule is O=c1[nH]c2ccccc2c2cc(CO)nn12. The average molecular weight is 215 g/mol. The van der Waals surface area contributed by atoms with Crippen molar-refractivity contribution in [2.24, 2.45) is 0 Å². The van der Waals surface area contributed by atoms with Crippen molar-refractivity contribution in [3.63, 3.8) is 0 Å². The molecule has 16 heavy (non-hydrogen) atoms. The normalized spacial score (nSPS) is 11.3. The fourth-order valence-corrected chi connectivity index (χ4v) is 1.84. The predicted octanol–water partition coefficient (Wildman–Crippen LogP) is 0.668. The standard InChI is InChI=1S/C11H9N3O2/c15-6-7-5-10-8-3-1-2-4-9(8)12-11(16)14(10)13-7/h1-5,15H,6H2,(H,12,16). The maximum absolute atomic E-state index is 11.7. The molecule has 2 aromatic heterocycles. The number of nitrogens with zero attached hydrogens (tertiary/aromatic N) is 2. The fraction of sp³-hybridized carbons (Fsp3) is 0.0909. The number of aromatic amines is 1. The van der Waals surface area contributed by atoms with Crippen LogP contribution in [0.3, 0.4) is 0 Å². The van der Waals surface area contributed by atoms with Crippen LogP contribution in [-0.2, 0) is 6.61 Å². The lowest BCUT2D eigenvalue weighted by Crippen LogP contribution is -2.17. The largest absolute Gasteiger partial charge is 0.390 e. The van der Waals surface area contributed by atoms with E-state index in [0.717, 1.165) is 10.9 Å². The van der Waals surface area contributed by atoms with Crippen LogP contribution in [0.1, 0.15) is 5.69 Å². The van der Waals surface area contributed by atoms with Gasteiger partial charge in [-0.15, -0.1) is 0 Å². The van der Waals surface area contributed by atoms with E-state index in [9.17, 15) is 4.79 Å². The Morgan fingerprint density at radius 2 is 2.19 bits per heavy atom. The van der Waals surface area contributed by atoms with Gasteiger partial charge in [0.1, 0.15) is 0 Å². The van der Waals surface area contributed by atoms with Gasteiger partial charge in [-0.2, -0.15) is 9.61 Å². The first kappa shape index (κ1) is 9.11. The summed E-state index contributed by atoms with van der Waals surface area (Å²) >= 11 is 0. The number of rotatable bonds is 1. The number of hydrogen-bond donors (Lipinski definition) is 2. The molecule has 0 spiro atoms. The molecule has 0 fully saturated rings. The van der Waals surface area contributed by atoms with E-state index in [4.69, 9.17) is 5.11 Å². The van der Waals surface area contributed by atoms with Crippen molar-refractivity contribution in [2.75, 3.05) is 0 Å². The first-order valence-corrected chi connectivity index (χ1v) is 4.90. The summed E-state index contributed by atoms with van der Waals surface area (Å²) in [7, 11) is 0. The number of fused-ring (bicyclic) bond motifs is 3. The predicted molar refractivity (Wildman–Crippen MR) is 59.2 cm³/mol. The van der Waals surface area contributed by atoms with Gasteiger partial charge in [-0.25, -0.2) is 4.79 Å². The molecule has 3 rings (SSSR count). The van der Waals surface area contributed by atoms with Crippen molar-refractivity contribution in [1.29, 1.82) is 0 Å². The van der Waals surface area contributed by atoms with Crippen LogP contribution in [0.4, 0.5) is 0 Å². The Morgan fingerprint density at radius 1 is 1.38 bits per heavy atom. The van der Waals surface area contributed by atoms with Crippen LogP contribution in [-0.4, -0.2) is 19.7 Å². The van der Waals surface area contributed by atoms with Gasteiger partial charge in [-0.3, -0.25) is 0 Å². The third-order valence-corrected chi connectivity index (χ3v) is 2.56. The Labute approximate surface area is 90.0 Å². The Bertz CT molecular complexity index is 727. The van der Waals surface area contributed by atoms with Gasteiger partial charge < -0.3 is 10.1 Å². The van der Waals surface area contributed by atoms with Crippen LogP contribution in [0.2, 0.25) is 0 Å². The van der Waals surface area contributed by atoms with Gasteiger partial charge in [0.15, 0.2) is 0 Å². The van der Waals surface area contributed by atoms with Crippen molar-refractivity contribution in [1.82, 2.24) is 14.6 Å². The highest BCUT2D eigenvalue weighted by Gasteiger charge is 2.07. The van der Waals surface area contributed by atoms with Crippen LogP contribution < -0.4 is 5.69 Å². The summed E-state index contributed by atoms with van der Waals surface area (Å²) in [5.74, 6) is 0. The monoisotopic (exact) mass is 215 g/mol. The summed E-state index contributed by atoms with van der Waals surface area (Å²) in [5, 5.41) is 13.9. The van der Waals surface area contributed by atoms with Gasteiger partial charge in [-0.05, 0) is 12.1 Å². The number of nitrogens with one attached hydrogen (secondary N) is 1. The zero-order valence-electron chi connectivity index (χ0n) is 8.34. The Kier molecular flexibility index (Phi) is 1.81. The summed E-state index contributed by atoms with van der Waals surface area (Å²) in [6.07, 6.45) is 0. The van der Waals surface area contributed by atoms with Crippen LogP contribution in [0.25, 0.3) is 16.4 Å². The molecule has 80 valence electrons. The number of aliphatic hydroxyl groups is 1. The Balaban J connectivity index is 2.57. The average Bonchev–Trinajstić information content (AvgIpc) is 2.74. The van der Waals surface area contributed by atoms with E-state index in [2.05, 4.69) is 10.1 Å². The molecule has 0 amide bonds. The third-order valence-electron chi connectivity index (χ3n) is 2.56. The van der Waals surface area contributed by atoms with E-state index >= 15 is 0 Å². The molecule has 5 heteroatoms. The minimum absolute atomic E-state index is 0.171. The topological polar surface area (TPSA) is 70.4 Å². The van der Waals surface area contributed by atoms with E-state index in [1.807, 2.05) is 24.3 Å². The van der Waals surface area contributed by atoms with Gasteiger partial charge in [-0.1, -0.05) is 18.2 Å². The van der Waals surface area contributed by atoms with E-state index in [1.54, 1.807) is 6.07 Å². The lowest BCUT2D eigenvalue weighted by Gasteiger charge is -1.98. The summed E-state index contributed by atoms with van der Waals surface area (Å²) < 4.78 is 1.27. The third kappa shape index (κ3) is 1.15.